The Balaban J connectivity index is 1.80. The van der Waals surface area contributed by atoms with Gasteiger partial charge in [0.2, 0.25) is 0 Å². The van der Waals surface area contributed by atoms with Crippen LogP contribution in [0.3, 0.4) is 0 Å². The van der Waals surface area contributed by atoms with Gasteiger partial charge >= 0.3 is 0 Å². The number of likely N-dealkylation sites (N-methyl/N-ethyl adjacent to an activating group) is 1. The van der Waals surface area contributed by atoms with Crippen LogP contribution in [0.4, 0.5) is 0 Å². The Morgan fingerprint density at radius 2 is 2.00 bits per heavy atom. The maximum atomic E-state index is 5.89. The first kappa shape index (κ1) is 22.2. The number of thiophene rings is 1. The van der Waals surface area contributed by atoms with Gasteiger partial charge in [0.1, 0.15) is 12.4 Å². The molecule has 7 heteroatoms. The number of aliphatic imine (C=N–C) groups is 1. The van der Waals surface area contributed by atoms with E-state index in [0.29, 0.717) is 19.7 Å². The molecule has 0 radical (unpaired) electrons. The molecule has 2 aromatic rings. The van der Waals surface area contributed by atoms with Crippen LogP contribution in [0.15, 0.2) is 46.1 Å². The number of ether oxygens (including phenoxy) is 2. The summed E-state index contributed by atoms with van der Waals surface area (Å²) in [7, 11) is 3.79. The second kappa shape index (κ2) is 13.1. The van der Waals surface area contributed by atoms with Gasteiger partial charge in [-0.3, -0.25) is 0 Å². The van der Waals surface area contributed by atoms with Crippen LogP contribution in [0.25, 0.3) is 0 Å². The van der Waals surface area contributed by atoms with Crippen molar-refractivity contribution in [1.82, 2.24) is 15.5 Å². The fourth-order valence-corrected chi connectivity index (χ4v) is 3.16. The predicted octanol–water partition coefficient (Wildman–Crippen LogP) is 2.96. The lowest BCUT2D eigenvalue weighted by atomic mass is 10.2. The molecule has 1 heterocycles. The van der Waals surface area contributed by atoms with Crippen LogP contribution in [0, 0.1) is 0 Å². The van der Waals surface area contributed by atoms with E-state index < -0.39 is 0 Å². The number of rotatable bonds is 12. The number of guanidine groups is 1. The van der Waals surface area contributed by atoms with Crippen molar-refractivity contribution in [3.8, 4) is 5.75 Å². The molecule has 0 atom stereocenters. The Labute approximate surface area is 172 Å². The third-order valence-electron chi connectivity index (χ3n) is 4.12. The van der Waals surface area contributed by atoms with E-state index >= 15 is 0 Å². The third-order valence-corrected chi connectivity index (χ3v) is 4.85. The molecular formula is C21H32N4O2S. The molecule has 28 heavy (non-hydrogen) atoms. The highest BCUT2D eigenvalue weighted by Crippen LogP contribution is 2.13. The molecule has 0 fully saturated rings. The summed E-state index contributed by atoms with van der Waals surface area (Å²) in [5.41, 5.74) is 2.39. The van der Waals surface area contributed by atoms with Crippen molar-refractivity contribution < 1.29 is 9.47 Å². The average molecular weight is 405 g/mol. The summed E-state index contributed by atoms with van der Waals surface area (Å²) in [6, 6.07) is 10.3. The molecule has 0 unspecified atom stereocenters. The molecule has 0 amide bonds. The molecule has 0 spiro atoms. The Morgan fingerprint density at radius 3 is 2.75 bits per heavy atom. The molecule has 6 nitrogen and oxygen atoms in total. The Morgan fingerprint density at radius 1 is 1.14 bits per heavy atom. The summed E-state index contributed by atoms with van der Waals surface area (Å²) < 4.78 is 11.0. The van der Waals surface area contributed by atoms with Gasteiger partial charge in [-0.25, -0.2) is 4.99 Å². The van der Waals surface area contributed by atoms with E-state index in [-0.39, 0.29) is 0 Å². The second-order valence-electron chi connectivity index (χ2n) is 6.47. The van der Waals surface area contributed by atoms with E-state index in [4.69, 9.17) is 9.47 Å². The number of hydrogen-bond acceptors (Lipinski definition) is 5. The van der Waals surface area contributed by atoms with Crippen molar-refractivity contribution in [2.75, 3.05) is 47.0 Å². The largest absolute Gasteiger partial charge is 0.492 e. The standard InChI is InChI=1S/C21H32N4O2S/c1-4-22-21(24-16-19-8-13-28-17-19)23-15-18-6-5-7-20(14-18)27-12-10-25(2)9-11-26-3/h5-8,13-14,17H,4,9-12,15-16H2,1-3H3,(H2,22,23,24). The highest BCUT2D eigenvalue weighted by molar-refractivity contribution is 7.07. The first-order chi connectivity index (χ1) is 13.7. The summed E-state index contributed by atoms with van der Waals surface area (Å²) in [4.78, 5) is 6.84. The van der Waals surface area contributed by atoms with Crippen molar-refractivity contribution in [1.29, 1.82) is 0 Å². The molecule has 1 aromatic heterocycles. The van der Waals surface area contributed by atoms with E-state index in [2.05, 4.69) is 63.5 Å². The van der Waals surface area contributed by atoms with Gasteiger partial charge < -0.3 is 25.0 Å². The summed E-state index contributed by atoms with van der Waals surface area (Å²) in [6.45, 7) is 7.43. The van der Waals surface area contributed by atoms with Gasteiger partial charge in [0.15, 0.2) is 5.96 Å². The van der Waals surface area contributed by atoms with E-state index in [0.717, 1.165) is 43.5 Å². The van der Waals surface area contributed by atoms with Crippen molar-refractivity contribution in [3.05, 3.63) is 52.2 Å². The van der Waals surface area contributed by atoms with Crippen molar-refractivity contribution in [3.63, 3.8) is 0 Å². The molecule has 154 valence electrons. The van der Waals surface area contributed by atoms with Crippen LogP contribution in [-0.4, -0.2) is 57.9 Å². The minimum Gasteiger partial charge on any atom is -0.492 e. The molecule has 1 aromatic carbocycles. The van der Waals surface area contributed by atoms with Crippen molar-refractivity contribution in [2.24, 2.45) is 4.99 Å². The molecule has 0 aliphatic heterocycles. The summed E-state index contributed by atoms with van der Waals surface area (Å²) in [5, 5.41) is 10.9. The number of benzene rings is 1. The number of hydrogen-bond donors (Lipinski definition) is 2. The topological polar surface area (TPSA) is 58.1 Å². The monoisotopic (exact) mass is 404 g/mol. The zero-order valence-electron chi connectivity index (χ0n) is 17.1. The van der Waals surface area contributed by atoms with E-state index in [1.807, 2.05) is 12.1 Å². The van der Waals surface area contributed by atoms with Crippen molar-refractivity contribution >= 4 is 17.3 Å². The van der Waals surface area contributed by atoms with Crippen LogP contribution in [0.5, 0.6) is 5.75 Å². The first-order valence-electron chi connectivity index (χ1n) is 9.63. The Bertz CT molecular complexity index is 691. The predicted molar refractivity (Wildman–Crippen MR) is 117 cm³/mol. The van der Waals surface area contributed by atoms with Crippen LogP contribution in [0.1, 0.15) is 18.1 Å². The van der Waals surface area contributed by atoms with Crippen LogP contribution >= 0.6 is 11.3 Å². The number of nitrogens with one attached hydrogen (secondary N) is 2. The van der Waals surface area contributed by atoms with Gasteiger partial charge in [-0.2, -0.15) is 11.3 Å². The molecule has 2 rings (SSSR count). The van der Waals surface area contributed by atoms with Gasteiger partial charge in [0.05, 0.1) is 13.2 Å². The van der Waals surface area contributed by atoms with Crippen LogP contribution in [-0.2, 0) is 17.8 Å². The fourth-order valence-electron chi connectivity index (χ4n) is 2.50. The highest BCUT2D eigenvalue weighted by Gasteiger charge is 2.02. The summed E-state index contributed by atoms with van der Waals surface area (Å²) in [5.74, 6) is 1.71. The van der Waals surface area contributed by atoms with Gasteiger partial charge in [-0.15, -0.1) is 0 Å². The zero-order chi connectivity index (χ0) is 20.0. The average Bonchev–Trinajstić information content (AvgIpc) is 3.22. The minimum absolute atomic E-state index is 0.655. The van der Waals surface area contributed by atoms with E-state index in [9.17, 15) is 0 Å². The van der Waals surface area contributed by atoms with E-state index in [1.54, 1.807) is 18.4 Å². The minimum atomic E-state index is 0.655. The quantitative estimate of drug-likeness (QED) is 0.421. The lowest BCUT2D eigenvalue weighted by Gasteiger charge is -2.16. The van der Waals surface area contributed by atoms with Crippen LogP contribution in [0.2, 0.25) is 0 Å². The maximum absolute atomic E-state index is 5.89. The molecule has 0 aliphatic carbocycles. The summed E-state index contributed by atoms with van der Waals surface area (Å²) in [6.07, 6.45) is 0. The Hall–Kier alpha value is -2.09. The van der Waals surface area contributed by atoms with Crippen LogP contribution < -0.4 is 15.4 Å². The molecule has 2 N–H and O–H groups in total. The summed E-state index contributed by atoms with van der Waals surface area (Å²) >= 11 is 1.70. The SMILES string of the molecule is CCNC(=NCc1ccsc1)NCc1cccc(OCCN(C)CCOC)c1. The number of methoxy groups -OCH3 is 1. The first-order valence-corrected chi connectivity index (χ1v) is 10.6. The second-order valence-corrected chi connectivity index (χ2v) is 7.25. The normalized spacial score (nSPS) is 11.6. The fraction of sp³-hybridized carbons (Fsp3) is 0.476. The molecule has 0 saturated heterocycles. The smallest absolute Gasteiger partial charge is 0.191 e. The van der Waals surface area contributed by atoms with Gasteiger partial charge in [0.25, 0.3) is 0 Å². The molecular weight excluding hydrogens is 372 g/mol. The van der Waals surface area contributed by atoms with Gasteiger partial charge in [0, 0.05) is 33.3 Å². The molecule has 0 bridgehead atoms. The Kier molecular flexibility index (Phi) is 10.4. The maximum Gasteiger partial charge on any atom is 0.191 e. The molecule has 0 saturated carbocycles. The highest BCUT2D eigenvalue weighted by atomic mass is 32.1. The van der Waals surface area contributed by atoms with Gasteiger partial charge in [-0.05, 0) is 54.1 Å². The lowest BCUT2D eigenvalue weighted by molar-refractivity contribution is 0.150. The van der Waals surface area contributed by atoms with Gasteiger partial charge in [-0.1, -0.05) is 12.1 Å². The zero-order valence-corrected chi connectivity index (χ0v) is 17.9. The lowest BCUT2D eigenvalue weighted by Crippen LogP contribution is -2.36. The third kappa shape index (κ3) is 8.73. The van der Waals surface area contributed by atoms with Crippen molar-refractivity contribution in [2.45, 2.75) is 20.0 Å². The van der Waals surface area contributed by atoms with E-state index in [1.165, 1.54) is 5.56 Å². The molecule has 0 aliphatic rings. The number of nitrogens with zero attached hydrogens (tertiary/aromatic N) is 2.